The van der Waals surface area contributed by atoms with Gasteiger partial charge in [0.25, 0.3) is 0 Å². The number of hydrogen-bond donors (Lipinski definition) is 3. The minimum absolute atomic E-state index is 0.0299. The molecule has 1 amide bonds. The van der Waals surface area contributed by atoms with Crippen molar-refractivity contribution in [2.45, 2.75) is 31.0 Å². The lowest BCUT2D eigenvalue weighted by molar-refractivity contribution is -0.144. The lowest BCUT2D eigenvalue weighted by Crippen LogP contribution is -2.43. The molecule has 0 unspecified atom stereocenters. The molecule has 0 aliphatic carbocycles. The van der Waals surface area contributed by atoms with Crippen LogP contribution in [-0.2, 0) is 27.2 Å². The number of carbonyl (C=O) groups is 2. The van der Waals surface area contributed by atoms with E-state index in [1.165, 1.54) is 23.9 Å². The summed E-state index contributed by atoms with van der Waals surface area (Å²) in [5.74, 6) is 5.70. The van der Waals surface area contributed by atoms with Crippen LogP contribution in [0.25, 0.3) is 0 Å². The number of phenols is 1. The van der Waals surface area contributed by atoms with Gasteiger partial charge in [-0.3, -0.25) is 4.79 Å². The van der Waals surface area contributed by atoms with Crippen molar-refractivity contribution in [2.75, 3.05) is 18.7 Å². The van der Waals surface area contributed by atoms with Crippen LogP contribution in [-0.4, -0.2) is 50.8 Å². The van der Waals surface area contributed by atoms with Gasteiger partial charge >= 0.3 is 5.97 Å². The summed E-state index contributed by atoms with van der Waals surface area (Å²) in [5, 5.41) is 20.2. The molecule has 0 spiro atoms. The van der Waals surface area contributed by atoms with E-state index in [9.17, 15) is 14.7 Å². The molecule has 2 aromatic rings. The monoisotopic (exact) mass is 379 g/mol. The van der Waals surface area contributed by atoms with Gasteiger partial charge in [-0.1, -0.05) is 30.8 Å². The summed E-state index contributed by atoms with van der Waals surface area (Å²) in [6, 6.07) is 5.55. The maximum Gasteiger partial charge on any atom is 0.328 e. The third kappa shape index (κ3) is 5.12. The van der Waals surface area contributed by atoms with Crippen molar-refractivity contribution in [3.63, 3.8) is 0 Å². The smallest absolute Gasteiger partial charge is 0.328 e. The fraction of sp³-hybridized carbons (Fsp3) is 0.375. The molecule has 0 aliphatic heterocycles. The molecule has 0 bridgehead atoms. The van der Waals surface area contributed by atoms with E-state index in [0.717, 1.165) is 17.3 Å². The van der Waals surface area contributed by atoms with Gasteiger partial charge in [-0.25, -0.2) is 9.47 Å². The van der Waals surface area contributed by atoms with Crippen molar-refractivity contribution < 1.29 is 19.4 Å². The lowest BCUT2D eigenvalue weighted by atomic mass is 10.1. The van der Waals surface area contributed by atoms with Crippen LogP contribution >= 0.6 is 11.8 Å². The zero-order chi connectivity index (χ0) is 19.1. The van der Waals surface area contributed by atoms with E-state index in [4.69, 9.17) is 10.6 Å². The Bertz CT molecular complexity index is 763. The van der Waals surface area contributed by atoms with Crippen molar-refractivity contribution in [1.29, 1.82) is 0 Å². The number of nitrogens with one attached hydrogen (secondary N) is 1. The Morgan fingerprint density at radius 3 is 2.62 bits per heavy atom. The second-order valence-electron chi connectivity index (χ2n) is 5.42. The van der Waals surface area contributed by atoms with E-state index in [1.54, 1.807) is 12.1 Å². The first-order valence-electron chi connectivity index (χ1n) is 7.91. The number of ether oxygens (including phenoxy) is 1. The Morgan fingerprint density at radius 2 is 2.04 bits per heavy atom. The number of methoxy groups -OCH3 is 1. The molecule has 0 radical (unpaired) electrons. The van der Waals surface area contributed by atoms with Gasteiger partial charge in [0.15, 0.2) is 5.82 Å². The van der Waals surface area contributed by atoms with Gasteiger partial charge in [0.2, 0.25) is 11.1 Å². The Kier molecular flexibility index (Phi) is 6.84. The molecule has 4 N–H and O–H groups in total. The Balaban J connectivity index is 1.96. The Morgan fingerprint density at radius 1 is 1.35 bits per heavy atom. The summed E-state index contributed by atoms with van der Waals surface area (Å²) in [7, 11) is 1.26. The van der Waals surface area contributed by atoms with Crippen LogP contribution in [0.3, 0.4) is 0 Å². The maximum absolute atomic E-state index is 12.2. The second kappa shape index (κ2) is 9.09. The van der Waals surface area contributed by atoms with E-state index < -0.39 is 12.0 Å². The van der Waals surface area contributed by atoms with Crippen LogP contribution in [0.4, 0.5) is 0 Å². The number of aryl methyl sites for hydroxylation is 1. The summed E-state index contributed by atoms with van der Waals surface area (Å²) < 4.78 is 6.09. The number of aromatic hydroxyl groups is 1. The Hall–Kier alpha value is -2.75. The minimum Gasteiger partial charge on any atom is -0.508 e. The number of rotatable bonds is 8. The molecule has 0 aliphatic rings. The fourth-order valence-electron chi connectivity index (χ4n) is 2.22. The number of carbonyl (C=O) groups excluding carboxylic acids is 2. The van der Waals surface area contributed by atoms with Crippen molar-refractivity contribution in [1.82, 2.24) is 20.2 Å². The number of benzene rings is 1. The molecule has 2 rings (SSSR count). The van der Waals surface area contributed by atoms with Gasteiger partial charge in [0.1, 0.15) is 11.8 Å². The number of esters is 1. The third-order valence-corrected chi connectivity index (χ3v) is 4.52. The van der Waals surface area contributed by atoms with Crippen LogP contribution in [0.15, 0.2) is 29.4 Å². The molecule has 10 heteroatoms. The highest BCUT2D eigenvalue weighted by Gasteiger charge is 2.22. The lowest BCUT2D eigenvalue weighted by Gasteiger charge is -2.16. The van der Waals surface area contributed by atoms with E-state index in [1.807, 2.05) is 6.92 Å². The number of nitrogens with zero attached hydrogens (tertiary/aromatic N) is 3. The number of aromatic nitrogens is 3. The number of nitrogen functional groups attached to an aromatic ring is 1. The van der Waals surface area contributed by atoms with Crippen LogP contribution in [0.1, 0.15) is 18.3 Å². The molecule has 140 valence electrons. The molecular weight excluding hydrogens is 358 g/mol. The summed E-state index contributed by atoms with van der Waals surface area (Å²) >= 11 is 1.13. The van der Waals surface area contributed by atoms with Gasteiger partial charge in [0.05, 0.1) is 12.9 Å². The van der Waals surface area contributed by atoms with Crippen molar-refractivity contribution in [2.24, 2.45) is 0 Å². The predicted molar refractivity (Wildman–Crippen MR) is 96.0 cm³/mol. The zero-order valence-electron chi connectivity index (χ0n) is 14.5. The van der Waals surface area contributed by atoms with Gasteiger partial charge in [0, 0.05) is 12.8 Å². The van der Waals surface area contributed by atoms with Gasteiger partial charge in [-0.15, -0.1) is 10.2 Å². The average molecular weight is 379 g/mol. The molecule has 1 heterocycles. The molecule has 1 aromatic carbocycles. The highest BCUT2D eigenvalue weighted by atomic mass is 32.2. The first-order valence-corrected chi connectivity index (χ1v) is 8.90. The van der Waals surface area contributed by atoms with Crippen molar-refractivity contribution in [3.05, 3.63) is 35.7 Å². The molecule has 1 atom stereocenters. The minimum atomic E-state index is -0.834. The van der Waals surface area contributed by atoms with Crippen LogP contribution in [0, 0.1) is 0 Å². The molecule has 0 saturated carbocycles. The molecule has 0 saturated heterocycles. The largest absolute Gasteiger partial charge is 0.508 e. The number of amides is 1. The van der Waals surface area contributed by atoms with Crippen LogP contribution in [0.2, 0.25) is 0 Å². The quantitative estimate of drug-likeness (QED) is 0.338. The first-order chi connectivity index (χ1) is 12.4. The normalized spacial score (nSPS) is 11.8. The van der Waals surface area contributed by atoms with E-state index in [2.05, 4.69) is 15.5 Å². The van der Waals surface area contributed by atoms with Gasteiger partial charge in [-0.2, -0.15) is 0 Å². The standard InChI is InChI=1S/C16H21N5O4S/c1-3-13-19-20-16(21(13)17)26-9-14(23)18-12(15(24)25-2)8-10-4-6-11(22)7-5-10/h4-7,12,22H,3,8-9,17H2,1-2H3,(H,18,23)/t12-/m0/s1. The maximum atomic E-state index is 12.2. The van der Waals surface area contributed by atoms with E-state index in [0.29, 0.717) is 17.4 Å². The average Bonchev–Trinajstić information content (AvgIpc) is 3.00. The van der Waals surface area contributed by atoms with Crippen LogP contribution in [0.5, 0.6) is 5.75 Å². The summed E-state index contributed by atoms with van der Waals surface area (Å²) in [5.41, 5.74) is 0.778. The SMILES string of the molecule is CCc1nnc(SCC(=O)N[C@@H](Cc2ccc(O)cc2)C(=O)OC)n1N. The summed E-state index contributed by atoms with van der Waals surface area (Å²) in [4.78, 5) is 24.2. The highest BCUT2D eigenvalue weighted by molar-refractivity contribution is 7.99. The topological polar surface area (TPSA) is 132 Å². The predicted octanol–water partition coefficient (Wildman–Crippen LogP) is 0.253. The van der Waals surface area contributed by atoms with Gasteiger partial charge in [-0.05, 0) is 17.7 Å². The fourth-order valence-corrected chi connectivity index (χ4v) is 2.90. The van der Waals surface area contributed by atoms with Crippen molar-refractivity contribution >= 4 is 23.6 Å². The zero-order valence-corrected chi connectivity index (χ0v) is 15.3. The molecule has 26 heavy (non-hydrogen) atoms. The number of thioether (sulfide) groups is 1. The first kappa shape index (κ1) is 19.6. The molecule has 9 nitrogen and oxygen atoms in total. The van der Waals surface area contributed by atoms with Crippen LogP contribution < -0.4 is 11.2 Å². The van der Waals surface area contributed by atoms with Crippen molar-refractivity contribution in [3.8, 4) is 5.75 Å². The summed E-state index contributed by atoms with van der Waals surface area (Å²) in [6.45, 7) is 1.90. The highest BCUT2D eigenvalue weighted by Crippen LogP contribution is 2.15. The van der Waals surface area contributed by atoms with E-state index >= 15 is 0 Å². The number of nitrogens with two attached hydrogens (primary N) is 1. The second-order valence-corrected chi connectivity index (χ2v) is 6.37. The number of hydrogen-bond acceptors (Lipinski definition) is 8. The van der Waals surface area contributed by atoms with Gasteiger partial charge < -0.3 is 21.0 Å². The number of phenolic OH excluding ortho intramolecular Hbond substituents is 1. The molecule has 0 fully saturated rings. The molecule has 1 aromatic heterocycles. The summed E-state index contributed by atoms with van der Waals surface area (Å²) in [6.07, 6.45) is 0.879. The third-order valence-electron chi connectivity index (χ3n) is 3.58. The molecular formula is C16H21N5O4S. The Labute approximate surface area is 154 Å². The van der Waals surface area contributed by atoms with E-state index in [-0.39, 0.29) is 23.8 Å².